The smallest absolute Gasteiger partial charge is 0.221 e. The SMILES string of the molecule is CC(=O)Nc1cc(NCc2cccnc2C)ccc1Cl. The van der Waals surface area contributed by atoms with E-state index in [0.29, 0.717) is 17.3 Å². The number of rotatable bonds is 4. The molecule has 0 aliphatic rings. The molecule has 1 amide bonds. The van der Waals surface area contributed by atoms with E-state index in [2.05, 4.69) is 15.6 Å². The van der Waals surface area contributed by atoms with E-state index in [1.165, 1.54) is 6.92 Å². The molecule has 0 aliphatic heterocycles. The Morgan fingerprint density at radius 1 is 1.35 bits per heavy atom. The lowest BCUT2D eigenvalue weighted by Gasteiger charge is -2.11. The molecule has 0 bridgehead atoms. The molecule has 2 aromatic rings. The number of anilines is 2. The van der Waals surface area contributed by atoms with Crippen molar-refractivity contribution in [2.24, 2.45) is 0 Å². The molecule has 2 rings (SSSR count). The molecule has 0 unspecified atom stereocenters. The predicted octanol–water partition coefficient (Wildman–Crippen LogP) is 3.61. The highest BCUT2D eigenvalue weighted by molar-refractivity contribution is 6.33. The fourth-order valence-electron chi connectivity index (χ4n) is 1.82. The number of aromatic nitrogens is 1. The van der Waals surface area contributed by atoms with Crippen molar-refractivity contribution in [2.75, 3.05) is 10.6 Å². The first-order chi connectivity index (χ1) is 9.56. The van der Waals surface area contributed by atoms with E-state index in [1.54, 1.807) is 12.3 Å². The molecule has 0 radical (unpaired) electrons. The van der Waals surface area contributed by atoms with Gasteiger partial charge in [0.1, 0.15) is 0 Å². The molecule has 2 N–H and O–H groups in total. The van der Waals surface area contributed by atoms with E-state index in [1.807, 2.05) is 31.2 Å². The first kappa shape index (κ1) is 14.3. The zero-order chi connectivity index (χ0) is 14.5. The van der Waals surface area contributed by atoms with Crippen molar-refractivity contribution >= 4 is 28.9 Å². The number of hydrogen-bond donors (Lipinski definition) is 2. The van der Waals surface area contributed by atoms with Gasteiger partial charge in [-0.2, -0.15) is 0 Å². The number of benzene rings is 1. The lowest BCUT2D eigenvalue weighted by atomic mass is 10.2. The monoisotopic (exact) mass is 289 g/mol. The number of pyridine rings is 1. The van der Waals surface area contributed by atoms with Crippen LogP contribution in [-0.2, 0) is 11.3 Å². The molecule has 0 saturated carbocycles. The van der Waals surface area contributed by atoms with Crippen molar-refractivity contribution in [2.45, 2.75) is 20.4 Å². The highest BCUT2D eigenvalue weighted by atomic mass is 35.5. The standard InChI is InChI=1S/C15H16ClN3O/c1-10-12(4-3-7-17-10)9-18-13-5-6-14(16)15(8-13)19-11(2)20/h3-8,18H,9H2,1-2H3,(H,19,20). The summed E-state index contributed by atoms with van der Waals surface area (Å²) in [6, 6.07) is 9.38. The predicted molar refractivity (Wildman–Crippen MR) is 82.1 cm³/mol. The number of nitrogens with zero attached hydrogens (tertiary/aromatic N) is 1. The number of hydrogen-bond acceptors (Lipinski definition) is 3. The van der Waals surface area contributed by atoms with Crippen LogP contribution in [0.1, 0.15) is 18.2 Å². The topological polar surface area (TPSA) is 54.0 Å². The second-order valence-electron chi connectivity index (χ2n) is 4.48. The number of halogens is 1. The summed E-state index contributed by atoms with van der Waals surface area (Å²) in [5.41, 5.74) is 3.62. The van der Waals surface area contributed by atoms with Crippen molar-refractivity contribution in [1.82, 2.24) is 4.98 Å². The van der Waals surface area contributed by atoms with Crippen molar-refractivity contribution in [1.29, 1.82) is 0 Å². The molecule has 0 aliphatic carbocycles. The fourth-order valence-corrected chi connectivity index (χ4v) is 1.99. The number of nitrogens with one attached hydrogen (secondary N) is 2. The average Bonchev–Trinajstić information content (AvgIpc) is 2.40. The molecule has 1 aromatic heterocycles. The van der Waals surface area contributed by atoms with Crippen LogP contribution in [0.25, 0.3) is 0 Å². The van der Waals surface area contributed by atoms with Gasteiger partial charge in [0.25, 0.3) is 0 Å². The van der Waals surface area contributed by atoms with Crippen molar-refractivity contribution in [3.63, 3.8) is 0 Å². The van der Waals surface area contributed by atoms with Crippen LogP contribution in [0.2, 0.25) is 5.02 Å². The van der Waals surface area contributed by atoms with Gasteiger partial charge in [-0.1, -0.05) is 17.7 Å². The molecule has 104 valence electrons. The molecular weight excluding hydrogens is 274 g/mol. The van der Waals surface area contributed by atoms with Crippen molar-refractivity contribution in [3.8, 4) is 0 Å². The number of aryl methyl sites for hydroxylation is 1. The molecule has 20 heavy (non-hydrogen) atoms. The fraction of sp³-hybridized carbons (Fsp3) is 0.200. The van der Waals surface area contributed by atoms with Gasteiger partial charge >= 0.3 is 0 Å². The average molecular weight is 290 g/mol. The van der Waals surface area contributed by atoms with Gasteiger partial charge in [0.15, 0.2) is 0 Å². The molecule has 0 saturated heterocycles. The third-order valence-corrected chi connectivity index (χ3v) is 3.21. The van der Waals surface area contributed by atoms with Gasteiger partial charge in [-0.15, -0.1) is 0 Å². The molecule has 0 fully saturated rings. The van der Waals surface area contributed by atoms with E-state index >= 15 is 0 Å². The first-order valence-corrected chi connectivity index (χ1v) is 6.65. The molecule has 1 aromatic carbocycles. The van der Waals surface area contributed by atoms with Crippen LogP contribution in [0.3, 0.4) is 0 Å². The van der Waals surface area contributed by atoms with Gasteiger partial charge < -0.3 is 10.6 Å². The number of carbonyl (C=O) groups excluding carboxylic acids is 1. The van der Waals surface area contributed by atoms with E-state index < -0.39 is 0 Å². The lowest BCUT2D eigenvalue weighted by molar-refractivity contribution is -0.114. The Morgan fingerprint density at radius 2 is 2.15 bits per heavy atom. The minimum absolute atomic E-state index is 0.146. The van der Waals surface area contributed by atoms with Crippen LogP contribution in [0.4, 0.5) is 11.4 Å². The van der Waals surface area contributed by atoms with Gasteiger partial charge in [-0.25, -0.2) is 0 Å². The summed E-state index contributed by atoms with van der Waals surface area (Å²) >= 11 is 6.03. The molecule has 0 atom stereocenters. The van der Waals surface area contributed by atoms with E-state index in [9.17, 15) is 4.79 Å². The second-order valence-corrected chi connectivity index (χ2v) is 4.88. The summed E-state index contributed by atoms with van der Waals surface area (Å²) in [4.78, 5) is 15.3. The highest BCUT2D eigenvalue weighted by Gasteiger charge is 2.04. The normalized spacial score (nSPS) is 10.2. The summed E-state index contributed by atoms with van der Waals surface area (Å²) in [5, 5.41) is 6.51. The van der Waals surface area contributed by atoms with E-state index in [0.717, 1.165) is 16.9 Å². The Kier molecular flexibility index (Phi) is 4.58. The van der Waals surface area contributed by atoms with Gasteiger partial charge in [0.2, 0.25) is 5.91 Å². The van der Waals surface area contributed by atoms with Gasteiger partial charge in [0.05, 0.1) is 10.7 Å². The zero-order valence-corrected chi connectivity index (χ0v) is 12.2. The minimum Gasteiger partial charge on any atom is -0.381 e. The molecule has 4 nitrogen and oxygen atoms in total. The summed E-state index contributed by atoms with van der Waals surface area (Å²) in [5.74, 6) is -0.146. The first-order valence-electron chi connectivity index (χ1n) is 6.28. The van der Waals surface area contributed by atoms with Crippen LogP contribution in [0, 0.1) is 6.92 Å². The minimum atomic E-state index is -0.146. The summed E-state index contributed by atoms with van der Waals surface area (Å²) in [6.07, 6.45) is 1.77. The van der Waals surface area contributed by atoms with Gasteiger partial charge in [-0.3, -0.25) is 9.78 Å². The van der Waals surface area contributed by atoms with Crippen molar-refractivity contribution in [3.05, 3.63) is 52.8 Å². The molecule has 1 heterocycles. The molecule has 0 spiro atoms. The lowest BCUT2D eigenvalue weighted by Crippen LogP contribution is -2.07. The third-order valence-electron chi connectivity index (χ3n) is 2.88. The summed E-state index contributed by atoms with van der Waals surface area (Å²) < 4.78 is 0. The quantitative estimate of drug-likeness (QED) is 0.904. The van der Waals surface area contributed by atoms with Gasteiger partial charge in [0, 0.05) is 31.0 Å². The maximum Gasteiger partial charge on any atom is 0.221 e. The summed E-state index contributed by atoms with van der Waals surface area (Å²) in [6.45, 7) is 4.10. The van der Waals surface area contributed by atoms with Crippen LogP contribution >= 0.6 is 11.6 Å². The maximum absolute atomic E-state index is 11.1. The zero-order valence-electron chi connectivity index (χ0n) is 11.4. The Hall–Kier alpha value is -2.07. The number of amides is 1. The highest BCUT2D eigenvalue weighted by Crippen LogP contribution is 2.25. The Labute approximate surface area is 123 Å². The Morgan fingerprint density at radius 3 is 2.85 bits per heavy atom. The Balaban J connectivity index is 2.10. The molecular formula is C15H16ClN3O. The Bertz CT molecular complexity index is 628. The largest absolute Gasteiger partial charge is 0.381 e. The van der Waals surface area contributed by atoms with E-state index in [4.69, 9.17) is 11.6 Å². The maximum atomic E-state index is 11.1. The van der Waals surface area contributed by atoms with Crippen LogP contribution in [0.5, 0.6) is 0 Å². The molecule has 5 heteroatoms. The van der Waals surface area contributed by atoms with Crippen LogP contribution < -0.4 is 10.6 Å². The van der Waals surface area contributed by atoms with Crippen LogP contribution in [0.15, 0.2) is 36.5 Å². The van der Waals surface area contributed by atoms with Gasteiger partial charge in [-0.05, 0) is 36.8 Å². The second kappa shape index (κ2) is 6.39. The van der Waals surface area contributed by atoms with Crippen molar-refractivity contribution < 1.29 is 4.79 Å². The number of carbonyl (C=O) groups is 1. The van der Waals surface area contributed by atoms with Crippen LogP contribution in [-0.4, -0.2) is 10.9 Å². The summed E-state index contributed by atoms with van der Waals surface area (Å²) in [7, 11) is 0. The van der Waals surface area contributed by atoms with E-state index in [-0.39, 0.29) is 5.91 Å². The third kappa shape index (κ3) is 3.71.